The van der Waals surface area contributed by atoms with E-state index in [0.29, 0.717) is 13.0 Å². The molecule has 1 aliphatic rings. The van der Waals surface area contributed by atoms with Crippen LogP contribution < -0.4 is 0 Å². The summed E-state index contributed by atoms with van der Waals surface area (Å²) in [6.07, 6.45) is 6.11. The molecular weight excluding hydrogens is 428 g/mol. The van der Waals surface area contributed by atoms with Crippen molar-refractivity contribution < 1.29 is 18.7 Å². The number of hydrogen-bond acceptors (Lipinski definition) is 3. The molecule has 1 aliphatic heterocycles. The first kappa shape index (κ1) is 24.6. The van der Waals surface area contributed by atoms with Gasteiger partial charge in [-0.15, -0.1) is 11.3 Å². The number of amides is 1. The summed E-state index contributed by atoms with van der Waals surface area (Å²) in [5.74, 6) is -4.41. The molecule has 3 nitrogen and oxygen atoms in total. The fourth-order valence-electron chi connectivity index (χ4n) is 4.18. The van der Waals surface area contributed by atoms with Crippen molar-refractivity contribution in [3.05, 3.63) is 69.9 Å². The van der Waals surface area contributed by atoms with Gasteiger partial charge in [-0.1, -0.05) is 49.4 Å². The lowest BCUT2D eigenvalue weighted by Gasteiger charge is -2.22. The van der Waals surface area contributed by atoms with Crippen LogP contribution in [0.1, 0.15) is 47.9 Å². The molecule has 2 aromatic rings. The first-order valence-corrected chi connectivity index (χ1v) is 12.2. The molecule has 0 bridgehead atoms. The topological polar surface area (TPSA) is 40.5 Å². The molecule has 32 heavy (non-hydrogen) atoms. The molecule has 2 heterocycles. The van der Waals surface area contributed by atoms with Crippen LogP contribution in [0.15, 0.2) is 54.6 Å². The Bertz CT molecular complexity index is 896. The maximum absolute atomic E-state index is 14.1. The smallest absolute Gasteiger partial charge is 0.327 e. The summed E-state index contributed by atoms with van der Waals surface area (Å²) < 4.78 is 28.2. The average Bonchev–Trinajstić information content (AvgIpc) is 3.27. The van der Waals surface area contributed by atoms with Crippen molar-refractivity contribution in [2.45, 2.75) is 70.4 Å². The van der Waals surface area contributed by atoms with Crippen LogP contribution in [0.25, 0.3) is 0 Å². The molecule has 174 valence electrons. The van der Waals surface area contributed by atoms with Crippen LogP contribution in [0, 0.1) is 12.8 Å². The van der Waals surface area contributed by atoms with Crippen molar-refractivity contribution in [2.75, 3.05) is 6.54 Å². The lowest BCUT2D eigenvalue weighted by Crippen LogP contribution is -2.36. The van der Waals surface area contributed by atoms with Crippen molar-refractivity contribution in [3.8, 4) is 0 Å². The third-order valence-corrected chi connectivity index (χ3v) is 7.20. The van der Waals surface area contributed by atoms with Crippen molar-refractivity contribution >= 4 is 17.2 Å². The van der Waals surface area contributed by atoms with E-state index < -0.39 is 30.4 Å². The number of rotatable bonds is 11. The highest BCUT2D eigenvalue weighted by atomic mass is 32.1. The summed E-state index contributed by atoms with van der Waals surface area (Å²) in [5, 5.41) is 10.5. The van der Waals surface area contributed by atoms with Gasteiger partial charge in [-0.05, 0) is 62.6 Å². The SMILES string of the molecule is Cc1ccc(CCCN2C(=O)C(F)(F)CC2/C=C/C(O)C(C)CCCc2ccccc2)s1. The third kappa shape index (κ3) is 6.72. The van der Waals surface area contributed by atoms with E-state index >= 15 is 0 Å². The van der Waals surface area contributed by atoms with Gasteiger partial charge in [0.15, 0.2) is 0 Å². The number of halogens is 2. The Hall–Kier alpha value is -2.05. The first-order chi connectivity index (χ1) is 15.3. The molecular formula is C26H33F2NO2S. The summed E-state index contributed by atoms with van der Waals surface area (Å²) in [5.41, 5.74) is 1.27. The molecule has 1 aromatic carbocycles. The fourth-order valence-corrected chi connectivity index (χ4v) is 5.11. The number of hydrogen-bond donors (Lipinski definition) is 1. The van der Waals surface area contributed by atoms with Gasteiger partial charge in [0, 0.05) is 22.7 Å². The van der Waals surface area contributed by atoms with Crippen molar-refractivity contribution in [2.24, 2.45) is 5.92 Å². The zero-order valence-corrected chi connectivity index (χ0v) is 19.7. The molecule has 6 heteroatoms. The van der Waals surface area contributed by atoms with Gasteiger partial charge in [-0.2, -0.15) is 8.78 Å². The van der Waals surface area contributed by atoms with Crippen molar-refractivity contribution in [3.63, 3.8) is 0 Å². The molecule has 1 N–H and O–H groups in total. The zero-order valence-electron chi connectivity index (χ0n) is 18.8. The maximum Gasteiger partial charge on any atom is 0.327 e. The number of carbonyl (C=O) groups is 1. The summed E-state index contributed by atoms with van der Waals surface area (Å²) in [6, 6.07) is 13.6. The van der Waals surface area contributed by atoms with E-state index in [1.165, 1.54) is 20.2 Å². The predicted octanol–water partition coefficient (Wildman–Crippen LogP) is 5.80. The molecule has 3 unspecified atom stereocenters. The van der Waals surface area contributed by atoms with Crippen LogP contribution in [0.5, 0.6) is 0 Å². The second-order valence-electron chi connectivity index (χ2n) is 8.82. The summed E-state index contributed by atoms with van der Waals surface area (Å²) >= 11 is 1.70. The van der Waals surface area contributed by atoms with Gasteiger partial charge in [0.2, 0.25) is 0 Å². The number of benzene rings is 1. The van der Waals surface area contributed by atoms with Gasteiger partial charge < -0.3 is 10.0 Å². The monoisotopic (exact) mass is 461 g/mol. The van der Waals surface area contributed by atoms with E-state index in [0.717, 1.165) is 25.7 Å². The minimum absolute atomic E-state index is 0.0168. The molecule has 0 radical (unpaired) electrons. The molecule has 0 spiro atoms. The lowest BCUT2D eigenvalue weighted by atomic mass is 9.95. The first-order valence-electron chi connectivity index (χ1n) is 11.4. The van der Waals surface area contributed by atoms with Crippen LogP contribution in [-0.4, -0.2) is 40.5 Å². The largest absolute Gasteiger partial charge is 0.389 e. The van der Waals surface area contributed by atoms with Gasteiger partial charge >= 0.3 is 5.92 Å². The number of alkyl halides is 2. The van der Waals surface area contributed by atoms with Gasteiger partial charge in [0.05, 0.1) is 12.1 Å². The molecule has 0 saturated carbocycles. The van der Waals surface area contributed by atoms with Crippen molar-refractivity contribution in [1.82, 2.24) is 4.90 Å². The Morgan fingerprint density at radius 2 is 1.94 bits per heavy atom. The minimum atomic E-state index is -3.33. The van der Waals surface area contributed by atoms with E-state index in [1.54, 1.807) is 23.5 Å². The zero-order chi connectivity index (χ0) is 23.1. The van der Waals surface area contributed by atoms with Crippen LogP contribution in [0.2, 0.25) is 0 Å². The highest BCUT2D eigenvalue weighted by molar-refractivity contribution is 7.11. The molecule has 3 atom stereocenters. The highest BCUT2D eigenvalue weighted by Crippen LogP contribution is 2.34. The molecule has 0 aliphatic carbocycles. The third-order valence-electron chi connectivity index (χ3n) is 6.14. The fraction of sp³-hybridized carbons (Fsp3) is 0.500. The summed E-state index contributed by atoms with van der Waals surface area (Å²) in [4.78, 5) is 15.9. The second-order valence-corrected chi connectivity index (χ2v) is 10.2. The number of nitrogens with zero attached hydrogens (tertiary/aromatic N) is 1. The van der Waals surface area contributed by atoms with E-state index in [9.17, 15) is 18.7 Å². The molecule has 3 rings (SSSR count). The number of carbonyl (C=O) groups excluding carboxylic acids is 1. The normalized spacial score (nSPS) is 20.2. The van der Waals surface area contributed by atoms with Crippen molar-refractivity contribution in [1.29, 1.82) is 0 Å². The lowest BCUT2D eigenvalue weighted by molar-refractivity contribution is -0.148. The summed E-state index contributed by atoms with van der Waals surface area (Å²) in [7, 11) is 0. The van der Waals surface area contributed by atoms with E-state index in [4.69, 9.17) is 0 Å². The molecule has 1 amide bonds. The minimum Gasteiger partial charge on any atom is -0.389 e. The molecule has 1 saturated heterocycles. The number of aryl methyl sites for hydroxylation is 3. The Kier molecular flexibility index (Phi) is 8.60. The van der Waals surface area contributed by atoms with Crippen LogP contribution >= 0.6 is 11.3 Å². The average molecular weight is 462 g/mol. The second kappa shape index (κ2) is 11.2. The standard InChI is InChI=1S/C26H33F2NO2S/c1-19(8-6-11-21-9-4-3-5-10-21)24(30)16-14-22-18-26(27,28)25(31)29(22)17-7-12-23-15-13-20(2)32-23/h3-5,9-10,13-16,19,22,24,30H,6-8,11-12,17-18H2,1-2H3/b16-14+. The van der Waals surface area contributed by atoms with Crippen LogP contribution in [0.3, 0.4) is 0 Å². The number of thiophene rings is 1. The molecule has 1 aromatic heterocycles. The quantitative estimate of drug-likeness (QED) is 0.430. The van der Waals surface area contributed by atoms with Gasteiger partial charge in [0.1, 0.15) is 0 Å². The predicted molar refractivity (Wildman–Crippen MR) is 126 cm³/mol. The Morgan fingerprint density at radius 3 is 2.62 bits per heavy atom. The molecule has 1 fully saturated rings. The van der Waals surface area contributed by atoms with Crippen LogP contribution in [-0.2, 0) is 17.6 Å². The number of aliphatic hydroxyl groups is 1. The van der Waals surface area contributed by atoms with E-state index in [-0.39, 0.29) is 5.92 Å². The number of likely N-dealkylation sites (tertiary alicyclic amines) is 1. The van der Waals surface area contributed by atoms with Gasteiger partial charge in [0.25, 0.3) is 5.91 Å². The number of aliphatic hydroxyl groups excluding tert-OH is 1. The Morgan fingerprint density at radius 1 is 1.19 bits per heavy atom. The Balaban J connectivity index is 1.50. The van der Waals surface area contributed by atoms with Gasteiger partial charge in [-0.3, -0.25) is 4.79 Å². The highest BCUT2D eigenvalue weighted by Gasteiger charge is 2.52. The Labute approximate surface area is 193 Å². The van der Waals surface area contributed by atoms with Gasteiger partial charge in [-0.25, -0.2) is 0 Å². The van der Waals surface area contributed by atoms with Crippen LogP contribution in [0.4, 0.5) is 8.78 Å². The maximum atomic E-state index is 14.1. The van der Waals surface area contributed by atoms with E-state index in [2.05, 4.69) is 12.1 Å². The van der Waals surface area contributed by atoms with E-state index in [1.807, 2.05) is 44.2 Å². The summed E-state index contributed by atoms with van der Waals surface area (Å²) in [6.45, 7) is 4.30.